The Balaban J connectivity index is 1.41. The van der Waals surface area contributed by atoms with Gasteiger partial charge >= 0.3 is 0 Å². The third kappa shape index (κ3) is 3.43. The van der Waals surface area contributed by atoms with Gasteiger partial charge in [0.05, 0.1) is 11.2 Å². The van der Waals surface area contributed by atoms with Crippen molar-refractivity contribution in [1.82, 2.24) is 14.9 Å². The average molecular weight is 385 g/mol. The lowest BCUT2D eigenvalue weighted by Gasteiger charge is -2.34. The van der Waals surface area contributed by atoms with E-state index in [1.165, 1.54) is 0 Å². The minimum absolute atomic E-state index is 0.0114. The smallest absolute Gasteiger partial charge is 0.246 e. The summed E-state index contributed by atoms with van der Waals surface area (Å²) >= 11 is 8.03. The van der Waals surface area contributed by atoms with Crippen LogP contribution < -0.4 is 4.90 Å². The van der Waals surface area contributed by atoms with Gasteiger partial charge in [0, 0.05) is 59.6 Å². The minimum atomic E-state index is 0.0114. The predicted molar refractivity (Wildman–Crippen MR) is 107 cm³/mol. The predicted octanol–water partition coefficient (Wildman–Crippen LogP) is 3.71. The normalized spacial score (nSPS) is 15.1. The van der Waals surface area contributed by atoms with Crippen molar-refractivity contribution in [2.24, 2.45) is 0 Å². The number of hydrogen-bond donors (Lipinski definition) is 0. The molecule has 0 saturated carbocycles. The highest BCUT2D eigenvalue weighted by Crippen LogP contribution is 2.35. The fraction of sp³-hybridized carbons (Fsp3) is 0.211. The number of piperazine rings is 1. The molecule has 132 valence electrons. The summed E-state index contributed by atoms with van der Waals surface area (Å²) in [4.78, 5) is 25.8. The largest absolute Gasteiger partial charge is 0.352 e. The van der Waals surface area contributed by atoms with Crippen LogP contribution in [0.25, 0.3) is 16.2 Å². The molecule has 26 heavy (non-hydrogen) atoms. The van der Waals surface area contributed by atoms with Crippen LogP contribution in [-0.2, 0) is 4.79 Å². The first-order valence-electron chi connectivity index (χ1n) is 8.37. The first-order chi connectivity index (χ1) is 12.7. The van der Waals surface area contributed by atoms with Crippen LogP contribution in [0, 0.1) is 0 Å². The first-order valence-corrected chi connectivity index (χ1v) is 9.57. The van der Waals surface area contributed by atoms with E-state index in [0.717, 1.165) is 33.9 Å². The number of halogens is 1. The second-order valence-corrected chi connectivity index (χ2v) is 7.45. The van der Waals surface area contributed by atoms with Crippen LogP contribution in [0.5, 0.6) is 0 Å². The molecule has 0 unspecified atom stereocenters. The third-order valence-corrected chi connectivity index (χ3v) is 6.06. The zero-order chi connectivity index (χ0) is 17.9. The van der Waals surface area contributed by atoms with E-state index in [-0.39, 0.29) is 5.91 Å². The molecule has 1 fully saturated rings. The van der Waals surface area contributed by atoms with Crippen molar-refractivity contribution >= 4 is 50.8 Å². The lowest BCUT2D eigenvalue weighted by atomic mass is 10.2. The molecule has 0 N–H and O–H groups in total. The summed E-state index contributed by atoms with van der Waals surface area (Å²) < 4.78 is 1.13. The molecule has 1 amide bonds. The van der Waals surface area contributed by atoms with E-state index in [2.05, 4.69) is 14.9 Å². The topological polar surface area (TPSA) is 49.3 Å². The van der Waals surface area contributed by atoms with Gasteiger partial charge in [-0.1, -0.05) is 29.8 Å². The molecule has 1 aromatic carbocycles. The van der Waals surface area contributed by atoms with Gasteiger partial charge < -0.3 is 9.80 Å². The number of rotatable bonds is 3. The van der Waals surface area contributed by atoms with Gasteiger partial charge in [-0.15, -0.1) is 11.3 Å². The van der Waals surface area contributed by atoms with Crippen LogP contribution >= 0.6 is 22.9 Å². The second-order valence-electron chi connectivity index (χ2n) is 5.99. The fourth-order valence-corrected chi connectivity index (χ4v) is 4.40. The standard InChI is InChI=1S/C19H17ClN4OS/c20-19-14-3-1-2-4-15(14)26-16(19)5-6-18(25)24-11-9-23(10-12-24)17-13-21-7-8-22-17/h1-8,13H,9-12H2/b6-5+. The highest BCUT2D eigenvalue weighted by Gasteiger charge is 2.20. The number of benzene rings is 1. The van der Waals surface area contributed by atoms with Gasteiger partial charge in [0.25, 0.3) is 0 Å². The van der Waals surface area contributed by atoms with Gasteiger partial charge in [-0.05, 0) is 12.1 Å². The zero-order valence-corrected chi connectivity index (χ0v) is 15.6. The third-order valence-electron chi connectivity index (χ3n) is 4.40. The number of thiophene rings is 1. The Morgan fingerprint density at radius 2 is 1.96 bits per heavy atom. The monoisotopic (exact) mass is 384 g/mol. The van der Waals surface area contributed by atoms with Crippen molar-refractivity contribution in [1.29, 1.82) is 0 Å². The Kier molecular flexibility index (Phi) is 4.86. The Bertz CT molecular complexity index is 949. The molecule has 3 heterocycles. The average Bonchev–Trinajstić information content (AvgIpc) is 3.03. The number of carbonyl (C=O) groups is 1. The molecule has 7 heteroatoms. The van der Waals surface area contributed by atoms with Crippen molar-refractivity contribution in [2.45, 2.75) is 0 Å². The number of hydrogen-bond acceptors (Lipinski definition) is 5. The summed E-state index contributed by atoms with van der Waals surface area (Å²) in [5.74, 6) is 0.865. The number of fused-ring (bicyclic) bond motifs is 1. The van der Waals surface area contributed by atoms with E-state index in [9.17, 15) is 4.79 Å². The summed E-state index contributed by atoms with van der Waals surface area (Å²) in [7, 11) is 0. The van der Waals surface area contributed by atoms with Gasteiger partial charge in [0.15, 0.2) is 0 Å². The number of amides is 1. The lowest BCUT2D eigenvalue weighted by Crippen LogP contribution is -2.48. The van der Waals surface area contributed by atoms with E-state index >= 15 is 0 Å². The second kappa shape index (κ2) is 7.43. The highest BCUT2D eigenvalue weighted by atomic mass is 35.5. The summed E-state index contributed by atoms with van der Waals surface area (Å²) in [6.07, 6.45) is 8.54. The number of carbonyl (C=O) groups excluding carboxylic acids is 1. The van der Waals surface area contributed by atoms with E-state index < -0.39 is 0 Å². The Morgan fingerprint density at radius 1 is 1.15 bits per heavy atom. The molecule has 0 spiro atoms. The molecule has 3 aromatic rings. The molecule has 2 aromatic heterocycles. The van der Waals surface area contributed by atoms with Crippen LogP contribution in [0.2, 0.25) is 5.02 Å². The zero-order valence-electron chi connectivity index (χ0n) is 14.0. The van der Waals surface area contributed by atoms with Gasteiger partial charge in [-0.3, -0.25) is 9.78 Å². The van der Waals surface area contributed by atoms with Crippen molar-refractivity contribution in [3.63, 3.8) is 0 Å². The van der Waals surface area contributed by atoms with Crippen molar-refractivity contribution in [3.05, 3.63) is 58.8 Å². The Morgan fingerprint density at radius 3 is 2.69 bits per heavy atom. The molecule has 4 rings (SSSR count). The van der Waals surface area contributed by atoms with Crippen molar-refractivity contribution < 1.29 is 4.79 Å². The minimum Gasteiger partial charge on any atom is -0.352 e. The van der Waals surface area contributed by atoms with Crippen LogP contribution in [-0.4, -0.2) is 47.0 Å². The molecule has 1 aliphatic rings. The van der Waals surface area contributed by atoms with E-state index in [1.54, 1.807) is 36.0 Å². The summed E-state index contributed by atoms with van der Waals surface area (Å²) in [5.41, 5.74) is 0. The molecule has 0 radical (unpaired) electrons. The van der Waals surface area contributed by atoms with Crippen LogP contribution in [0.3, 0.4) is 0 Å². The molecule has 0 bridgehead atoms. The number of nitrogens with zero attached hydrogens (tertiary/aromatic N) is 4. The molecular weight excluding hydrogens is 368 g/mol. The van der Waals surface area contributed by atoms with Crippen molar-refractivity contribution in [3.8, 4) is 0 Å². The van der Waals surface area contributed by atoms with Gasteiger partial charge in [0.1, 0.15) is 5.82 Å². The maximum atomic E-state index is 12.5. The van der Waals surface area contributed by atoms with Gasteiger partial charge in [-0.2, -0.15) is 0 Å². The van der Waals surface area contributed by atoms with Gasteiger partial charge in [-0.25, -0.2) is 4.98 Å². The summed E-state index contributed by atoms with van der Waals surface area (Å²) in [5, 5.41) is 1.74. The Labute approximate surface area is 160 Å². The molecule has 0 aliphatic carbocycles. The van der Waals surface area contributed by atoms with Crippen LogP contribution in [0.1, 0.15) is 4.88 Å². The van der Waals surface area contributed by atoms with E-state index in [4.69, 9.17) is 11.6 Å². The molecular formula is C19H17ClN4OS. The lowest BCUT2D eigenvalue weighted by molar-refractivity contribution is -0.126. The summed E-state index contributed by atoms with van der Waals surface area (Å²) in [6, 6.07) is 8.00. The van der Waals surface area contributed by atoms with Crippen LogP contribution in [0.15, 0.2) is 48.9 Å². The molecule has 0 atom stereocenters. The van der Waals surface area contributed by atoms with E-state index in [0.29, 0.717) is 18.1 Å². The number of aromatic nitrogens is 2. The van der Waals surface area contributed by atoms with Crippen molar-refractivity contribution in [2.75, 3.05) is 31.1 Å². The highest BCUT2D eigenvalue weighted by molar-refractivity contribution is 7.20. The maximum Gasteiger partial charge on any atom is 0.246 e. The Hall–Kier alpha value is -2.44. The summed E-state index contributed by atoms with van der Waals surface area (Å²) in [6.45, 7) is 2.84. The van der Waals surface area contributed by atoms with E-state index in [1.807, 2.05) is 35.2 Å². The maximum absolute atomic E-state index is 12.5. The van der Waals surface area contributed by atoms with Crippen LogP contribution in [0.4, 0.5) is 5.82 Å². The number of anilines is 1. The quantitative estimate of drug-likeness (QED) is 0.646. The fourth-order valence-electron chi connectivity index (χ4n) is 3.00. The van der Waals surface area contributed by atoms with Gasteiger partial charge in [0.2, 0.25) is 5.91 Å². The molecule has 1 aliphatic heterocycles. The first kappa shape index (κ1) is 17.0. The molecule has 5 nitrogen and oxygen atoms in total. The SMILES string of the molecule is O=C(/C=C/c1sc2ccccc2c1Cl)N1CCN(c2cnccn2)CC1. The molecule has 1 saturated heterocycles.